The van der Waals surface area contributed by atoms with Crippen LogP contribution in [0.3, 0.4) is 0 Å². The Morgan fingerprint density at radius 2 is 1.47 bits per heavy atom. The van der Waals surface area contributed by atoms with E-state index in [1.165, 1.54) is 14.2 Å². The normalized spacial score (nSPS) is 15.9. The SMILES string of the molecule is COCOc1cc(OCc2ccccc2)c2c(c1)[C@H](O)[C@@H](O)c1c-2c(OC)c2cccc(OC)c2c1OC. The van der Waals surface area contributed by atoms with Gasteiger partial charge in [-0.1, -0.05) is 42.5 Å². The molecule has 0 saturated heterocycles. The number of methoxy groups -OCH3 is 4. The number of benzene rings is 4. The molecule has 0 amide bonds. The highest BCUT2D eigenvalue weighted by Gasteiger charge is 2.40. The highest BCUT2D eigenvalue weighted by Crippen LogP contribution is 2.59. The minimum atomic E-state index is -1.32. The third-order valence-corrected chi connectivity index (χ3v) is 6.72. The van der Waals surface area contributed by atoms with Gasteiger partial charge in [0.05, 0.1) is 26.7 Å². The Labute approximate surface area is 220 Å². The standard InChI is InChI=1S/C30H30O8/c1-33-16-38-18-13-20-23(22(14-18)37-15-17-9-6-5-7-10-17)25-26(28(32)27(20)31)30(36-4)24-19(29(25)35-3)11-8-12-21(24)34-2/h5-14,27-28,31-32H,15-16H2,1-4H3/t27-,28-/m0/s1. The van der Waals surface area contributed by atoms with Crippen molar-refractivity contribution < 1.29 is 38.6 Å². The van der Waals surface area contributed by atoms with Gasteiger partial charge in [-0.3, -0.25) is 0 Å². The Balaban J connectivity index is 1.83. The fraction of sp³-hybridized carbons (Fsp3) is 0.267. The van der Waals surface area contributed by atoms with Crippen molar-refractivity contribution in [2.24, 2.45) is 0 Å². The minimum absolute atomic E-state index is 0.00766. The molecule has 2 atom stereocenters. The summed E-state index contributed by atoms with van der Waals surface area (Å²) >= 11 is 0. The van der Waals surface area contributed by atoms with Crippen LogP contribution in [0.2, 0.25) is 0 Å². The molecule has 0 bridgehead atoms. The Hall–Kier alpha value is -3.98. The fourth-order valence-corrected chi connectivity index (χ4v) is 5.08. The van der Waals surface area contributed by atoms with Gasteiger partial charge in [0.1, 0.15) is 47.6 Å². The van der Waals surface area contributed by atoms with Gasteiger partial charge in [-0.05, 0) is 23.3 Å². The van der Waals surface area contributed by atoms with E-state index in [4.69, 9.17) is 28.4 Å². The lowest BCUT2D eigenvalue weighted by Crippen LogP contribution is -2.20. The molecule has 8 heteroatoms. The van der Waals surface area contributed by atoms with Gasteiger partial charge in [0.25, 0.3) is 0 Å². The summed E-state index contributed by atoms with van der Waals surface area (Å²) < 4.78 is 34.6. The lowest BCUT2D eigenvalue weighted by atomic mass is 9.78. The third-order valence-electron chi connectivity index (χ3n) is 6.72. The Kier molecular flexibility index (Phi) is 7.28. The van der Waals surface area contributed by atoms with Crippen LogP contribution in [0.15, 0.2) is 60.7 Å². The van der Waals surface area contributed by atoms with Gasteiger partial charge in [0, 0.05) is 35.3 Å². The molecule has 38 heavy (non-hydrogen) atoms. The van der Waals surface area contributed by atoms with Crippen molar-refractivity contribution in [1.82, 2.24) is 0 Å². The highest BCUT2D eigenvalue weighted by molar-refractivity contribution is 6.06. The van der Waals surface area contributed by atoms with Crippen LogP contribution in [0, 0.1) is 0 Å². The summed E-state index contributed by atoms with van der Waals surface area (Å²) in [6.07, 6.45) is -2.62. The molecular formula is C30H30O8. The smallest absolute Gasteiger partial charge is 0.188 e. The molecular weight excluding hydrogens is 488 g/mol. The van der Waals surface area contributed by atoms with Crippen molar-refractivity contribution in [3.8, 4) is 39.9 Å². The lowest BCUT2D eigenvalue weighted by Gasteiger charge is -2.34. The summed E-state index contributed by atoms with van der Waals surface area (Å²) in [5.41, 5.74) is 2.94. The molecule has 4 aromatic carbocycles. The number of aliphatic hydroxyl groups is 2. The molecule has 0 fully saturated rings. The highest BCUT2D eigenvalue weighted by atomic mass is 16.7. The van der Waals surface area contributed by atoms with Crippen molar-refractivity contribution in [2.75, 3.05) is 35.2 Å². The first-order chi connectivity index (χ1) is 18.5. The maximum atomic E-state index is 11.5. The topological polar surface area (TPSA) is 95.8 Å². The largest absolute Gasteiger partial charge is 0.496 e. The van der Waals surface area contributed by atoms with Crippen molar-refractivity contribution in [3.05, 3.63) is 77.4 Å². The molecule has 0 aliphatic heterocycles. The predicted molar refractivity (Wildman–Crippen MR) is 142 cm³/mol. The van der Waals surface area contributed by atoms with E-state index in [0.29, 0.717) is 56.4 Å². The van der Waals surface area contributed by atoms with E-state index in [1.807, 2.05) is 48.5 Å². The second-order valence-corrected chi connectivity index (χ2v) is 8.84. The number of aliphatic hydroxyl groups excluding tert-OH is 2. The first kappa shape index (κ1) is 25.7. The van der Waals surface area contributed by atoms with E-state index in [0.717, 1.165) is 10.9 Å². The third kappa shape index (κ3) is 4.26. The van der Waals surface area contributed by atoms with Crippen LogP contribution in [0.4, 0.5) is 0 Å². The quantitative estimate of drug-likeness (QED) is 0.293. The molecule has 2 N–H and O–H groups in total. The number of hydrogen-bond donors (Lipinski definition) is 2. The summed E-state index contributed by atoms with van der Waals surface area (Å²) in [4.78, 5) is 0. The van der Waals surface area contributed by atoms with Crippen LogP contribution >= 0.6 is 0 Å². The predicted octanol–water partition coefficient (Wildman–Crippen LogP) is 5.17. The van der Waals surface area contributed by atoms with Crippen LogP contribution < -0.4 is 23.7 Å². The Bertz CT molecular complexity index is 1450. The maximum Gasteiger partial charge on any atom is 0.188 e. The van der Waals surface area contributed by atoms with E-state index in [-0.39, 0.29) is 13.4 Å². The number of fused-ring (bicyclic) bond motifs is 4. The van der Waals surface area contributed by atoms with Gasteiger partial charge in [0.15, 0.2) is 6.79 Å². The number of rotatable bonds is 9. The summed E-state index contributed by atoms with van der Waals surface area (Å²) in [6.45, 7) is 0.281. The van der Waals surface area contributed by atoms with E-state index in [1.54, 1.807) is 26.4 Å². The summed E-state index contributed by atoms with van der Waals surface area (Å²) in [5, 5.41) is 24.2. The second-order valence-electron chi connectivity index (χ2n) is 8.84. The molecule has 198 valence electrons. The summed E-state index contributed by atoms with van der Waals surface area (Å²) in [5.74, 6) is 2.32. The average Bonchev–Trinajstić information content (AvgIpc) is 2.96. The van der Waals surface area contributed by atoms with E-state index >= 15 is 0 Å². The van der Waals surface area contributed by atoms with Crippen LogP contribution in [-0.2, 0) is 11.3 Å². The van der Waals surface area contributed by atoms with Gasteiger partial charge < -0.3 is 38.6 Å². The Morgan fingerprint density at radius 1 is 0.711 bits per heavy atom. The Morgan fingerprint density at radius 3 is 2.16 bits per heavy atom. The molecule has 1 aliphatic rings. The maximum absolute atomic E-state index is 11.5. The van der Waals surface area contributed by atoms with Crippen molar-refractivity contribution in [3.63, 3.8) is 0 Å². The molecule has 0 saturated carbocycles. The molecule has 4 aromatic rings. The van der Waals surface area contributed by atoms with Crippen LogP contribution in [-0.4, -0.2) is 45.4 Å². The van der Waals surface area contributed by atoms with Gasteiger partial charge >= 0.3 is 0 Å². The van der Waals surface area contributed by atoms with E-state index in [2.05, 4.69) is 0 Å². The monoisotopic (exact) mass is 518 g/mol. The first-order valence-electron chi connectivity index (χ1n) is 12.1. The van der Waals surface area contributed by atoms with Crippen LogP contribution in [0.5, 0.6) is 28.7 Å². The van der Waals surface area contributed by atoms with Gasteiger partial charge in [-0.15, -0.1) is 0 Å². The van der Waals surface area contributed by atoms with Crippen molar-refractivity contribution in [2.45, 2.75) is 18.8 Å². The van der Waals surface area contributed by atoms with Crippen molar-refractivity contribution >= 4 is 10.8 Å². The fourth-order valence-electron chi connectivity index (χ4n) is 5.08. The van der Waals surface area contributed by atoms with E-state index in [9.17, 15) is 10.2 Å². The lowest BCUT2D eigenvalue weighted by molar-refractivity contribution is 0.0135. The first-order valence-corrected chi connectivity index (χ1v) is 12.1. The van der Waals surface area contributed by atoms with Gasteiger partial charge in [-0.25, -0.2) is 0 Å². The van der Waals surface area contributed by atoms with Crippen LogP contribution in [0.1, 0.15) is 28.9 Å². The zero-order valence-electron chi connectivity index (χ0n) is 21.7. The van der Waals surface area contributed by atoms with Gasteiger partial charge in [-0.2, -0.15) is 0 Å². The molecule has 0 heterocycles. The van der Waals surface area contributed by atoms with Crippen LogP contribution in [0.25, 0.3) is 21.9 Å². The second kappa shape index (κ2) is 10.8. The minimum Gasteiger partial charge on any atom is -0.496 e. The molecule has 5 rings (SSSR count). The summed E-state index contributed by atoms with van der Waals surface area (Å²) in [7, 11) is 6.18. The summed E-state index contributed by atoms with van der Waals surface area (Å²) in [6, 6.07) is 18.7. The molecule has 8 nitrogen and oxygen atoms in total. The number of hydrogen-bond acceptors (Lipinski definition) is 8. The average molecular weight is 519 g/mol. The van der Waals surface area contributed by atoms with E-state index < -0.39 is 12.2 Å². The van der Waals surface area contributed by atoms with Crippen molar-refractivity contribution in [1.29, 1.82) is 0 Å². The number of ether oxygens (including phenoxy) is 6. The molecule has 0 spiro atoms. The molecule has 0 aromatic heterocycles. The molecule has 0 radical (unpaired) electrons. The zero-order chi connectivity index (χ0) is 26.8. The zero-order valence-corrected chi connectivity index (χ0v) is 21.7. The molecule has 1 aliphatic carbocycles. The van der Waals surface area contributed by atoms with Gasteiger partial charge in [0.2, 0.25) is 0 Å². The molecule has 0 unspecified atom stereocenters.